The molecule has 1 N–H and O–H groups in total. The van der Waals surface area contributed by atoms with E-state index in [1.54, 1.807) is 18.2 Å². The lowest BCUT2D eigenvalue weighted by Crippen LogP contribution is -2.24. The van der Waals surface area contributed by atoms with Crippen LogP contribution in [0.15, 0.2) is 23.1 Å². The minimum atomic E-state index is -3.55. The molecule has 0 amide bonds. The van der Waals surface area contributed by atoms with Gasteiger partial charge in [0.15, 0.2) is 0 Å². The van der Waals surface area contributed by atoms with Gasteiger partial charge in [0.2, 0.25) is 10.0 Å². The van der Waals surface area contributed by atoms with Crippen molar-refractivity contribution < 1.29 is 13.2 Å². The van der Waals surface area contributed by atoms with Gasteiger partial charge in [-0.05, 0) is 55.0 Å². The molecule has 0 saturated heterocycles. The summed E-state index contributed by atoms with van der Waals surface area (Å²) in [6, 6.07) is 5.04. The zero-order valence-corrected chi connectivity index (χ0v) is 14.5. The van der Waals surface area contributed by atoms with Crippen LogP contribution in [0.1, 0.15) is 35.4 Å². The molecule has 4 rings (SSSR count). The third-order valence-electron chi connectivity index (χ3n) is 4.85. The van der Waals surface area contributed by atoms with E-state index in [9.17, 15) is 8.42 Å². The van der Waals surface area contributed by atoms with E-state index in [4.69, 9.17) is 4.74 Å². The first kappa shape index (κ1) is 15.7. The van der Waals surface area contributed by atoms with Crippen molar-refractivity contribution in [3.05, 3.63) is 40.7 Å². The van der Waals surface area contributed by atoms with Crippen molar-refractivity contribution in [1.29, 1.82) is 0 Å². The Hall–Kier alpha value is -1.86. The van der Waals surface area contributed by atoms with Gasteiger partial charge in [-0.2, -0.15) is 5.10 Å². The zero-order chi connectivity index (χ0) is 16.7. The second-order valence-electron chi connectivity index (χ2n) is 6.40. The maximum absolute atomic E-state index is 12.6. The van der Waals surface area contributed by atoms with Crippen molar-refractivity contribution in [2.24, 2.45) is 7.05 Å². The van der Waals surface area contributed by atoms with E-state index in [0.717, 1.165) is 42.7 Å². The predicted molar refractivity (Wildman–Crippen MR) is 89.5 cm³/mol. The zero-order valence-electron chi connectivity index (χ0n) is 13.7. The number of aryl methyl sites for hydroxylation is 1. The second-order valence-corrected chi connectivity index (χ2v) is 8.16. The molecule has 0 spiro atoms. The molecule has 1 aromatic carbocycles. The van der Waals surface area contributed by atoms with Gasteiger partial charge < -0.3 is 4.74 Å². The van der Waals surface area contributed by atoms with Crippen LogP contribution in [0.2, 0.25) is 0 Å². The number of ether oxygens (including phenoxy) is 1. The van der Waals surface area contributed by atoms with Crippen molar-refractivity contribution in [3.63, 3.8) is 0 Å². The van der Waals surface area contributed by atoms with E-state index in [1.165, 1.54) is 17.7 Å². The van der Waals surface area contributed by atoms with Crippen molar-refractivity contribution in [2.45, 2.75) is 43.5 Å². The molecule has 0 atom stereocenters. The summed E-state index contributed by atoms with van der Waals surface area (Å²) in [4.78, 5) is 0.288. The molecule has 7 heteroatoms. The van der Waals surface area contributed by atoms with Crippen LogP contribution in [0, 0.1) is 0 Å². The largest absolute Gasteiger partial charge is 0.493 e. The Morgan fingerprint density at radius 2 is 2.08 bits per heavy atom. The van der Waals surface area contributed by atoms with E-state index in [1.807, 2.05) is 11.7 Å². The fraction of sp³-hybridized carbons (Fsp3) is 0.471. The minimum absolute atomic E-state index is 0.235. The number of nitrogens with zero attached hydrogens (tertiary/aromatic N) is 2. The lowest BCUT2D eigenvalue weighted by molar-refractivity contribution is 0.356. The van der Waals surface area contributed by atoms with Gasteiger partial charge in [0.25, 0.3) is 0 Å². The second kappa shape index (κ2) is 5.89. The molecular formula is C17H21N3O3S. The molecule has 1 aliphatic carbocycles. The number of hydrogen-bond acceptors (Lipinski definition) is 4. The van der Waals surface area contributed by atoms with Crippen LogP contribution in [-0.2, 0) is 42.9 Å². The summed E-state index contributed by atoms with van der Waals surface area (Å²) in [5.74, 6) is 0.785. The summed E-state index contributed by atoms with van der Waals surface area (Å²) < 4.78 is 35.2. The van der Waals surface area contributed by atoms with Crippen LogP contribution in [0.4, 0.5) is 0 Å². The minimum Gasteiger partial charge on any atom is -0.493 e. The van der Waals surface area contributed by atoms with E-state index in [-0.39, 0.29) is 11.4 Å². The van der Waals surface area contributed by atoms with Gasteiger partial charge in [0, 0.05) is 19.2 Å². The monoisotopic (exact) mass is 347 g/mol. The molecule has 0 fully saturated rings. The first-order valence-electron chi connectivity index (χ1n) is 8.33. The van der Waals surface area contributed by atoms with Crippen LogP contribution < -0.4 is 9.46 Å². The van der Waals surface area contributed by atoms with Crippen LogP contribution in [0.5, 0.6) is 5.75 Å². The van der Waals surface area contributed by atoms with Gasteiger partial charge in [0.1, 0.15) is 5.75 Å². The van der Waals surface area contributed by atoms with Gasteiger partial charge in [0.05, 0.1) is 23.7 Å². The molecule has 1 aromatic heterocycles. The van der Waals surface area contributed by atoms with Crippen LogP contribution >= 0.6 is 0 Å². The Kier molecular flexibility index (Phi) is 3.85. The molecule has 6 nitrogen and oxygen atoms in total. The summed E-state index contributed by atoms with van der Waals surface area (Å²) in [5.41, 5.74) is 4.26. The smallest absolute Gasteiger partial charge is 0.240 e. The highest BCUT2D eigenvalue weighted by atomic mass is 32.2. The molecule has 0 saturated carbocycles. The van der Waals surface area contributed by atoms with Gasteiger partial charge in [-0.15, -0.1) is 0 Å². The molecule has 2 aromatic rings. The predicted octanol–water partition coefficient (Wildman–Crippen LogP) is 1.71. The molecule has 2 heterocycles. The van der Waals surface area contributed by atoms with Crippen LogP contribution in [-0.4, -0.2) is 24.8 Å². The maximum atomic E-state index is 12.6. The topological polar surface area (TPSA) is 73.2 Å². The number of benzene rings is 1. The molecule has 0 radical (unpaired) electrons. The summed E-state index contributed by atoms with van der Waals surface area (Å²) in [7, 11) is -1.62. The van der Waals surface area contributed by atoms with Crippen molar-refractivity contribution >= 4 is 10.0 Å². The number of fused-ring (bicyclic) bond motifs is 2. The van der Waals surface area contributed by atoms with Gasteiger partial charge in [-0.3, -0.25) is 4.68 Å². The number of hydrogen-bond donors (Lipinski definition) is 1. The van der Waals surface area contributed by atoms with Crippen LogP contribution in [0.3, 0.4) is 0 Å². The highest BCUT2D eigenvalue weighted by Gasteiger charge is 2.22. The van der Waals surface area contributed by atoms with Crippen molar-refractivity contribution in [3.8, 4) is 5.75 Å². The van der Waals surface area contributed by atoms with E-state index >= 15 is 0 Å². The summed E-state index contributed by atoms with van der Waals surface area (Å²) >= 11 is 0. The first-order valence-corrected chi connectivity index (χ1v) is 9.82. The van der Waals surface area contributed by atoms with Crippen LogP contribution in [0.25, 0.3) is 0 Å². The number of rotatable bonds is 4. The number of nitrogens with one attached hydrogen (secondary N) is 1. The molecule has 2 aliphatic rings. The Morgan fingerprint density at radius 1 is 1.25 bits per heavy atom. The molecule has 0 unspecified atom stereocenters. The fourth-order valence-electron chi connectivity index (χ4n) is 3.58. The normalized spacial score (nSPS) is 16.5. The van der Waals surface area contributed by atoms with Gasteiger partial charge >= 0.3 is 0 Å². The number of sulfonamides is 1. The Labute approximate surface area is 141 Å². The van der Waals surface area contributed by atoms with E-state index in [0.29, 0.717) is 6.61 Å². The summed E-state index contributed by atoms with van der Waals surface area (Å²) in [5, 5.41) is 4.52. The average Bonchev–Trinajstić information content (AvgIpc) is 3.17. The highest BCUT2D eigenvalue weighted by Crippen LogP contribution is 2.28. The Bertz CT molecular complexity index is 887. The van der Waals surface area contributed by atoms with Gasteiger partial charge in [-0.1, -0.05) is 0 Å². The standard InChI is InChI=1S/C17H21N3O3S/c1-20-16-5-3-2-4-14(16)15(19-20)11-18-24(21,22)13-6-7-17-12(10-13)8-9-23-17/h6-7,10,18H,2-5,8-9,11H2,1H3. The molecule has 0 bridgehead atoms. The van der Waals surface area contributed by atoms with E-state index in [2.05, 4.69) is 9.82 Å². The first-order chi connectivity index (χ1) is 11.5. The SMILES string of the molecule is Cn1nc(CNS(=O)(=O)c2ccc3c(c2)CCO3)c2c1CCCC2. The third kappa shape index (κ3) is 2.71. The molecule has 24 heavy (non-hydrogen) atoms. The third-order valence-corrected chi connectivity index (χ3v) is 6.25. The Balaban J connectivity index is 1.55. The van der Waals surface area contributed by atoms with E-state index < -0.39 is 10.0 Å². The van der Waals surface area contributed by atoms with Crippen molar-refractivity contribution in [1.82, 2.24) is 14.5 Å². The quantitative estimate of drug-likeness (QED) is 0.914. The maximum Gasteiger partial charge on any atom is 0.240 e. The average molecular weight is 347 g/mol. The fourth-order valence-corrected chi connectivity index (χ4v) is 4.62. The van der Waals surface area contributed by atoms with Crippen molar-refractivity contribution in [2.75, 3.05) is 6.61 Å². The molecular weight excluding hydrogens is 326 g/mol. The molecule has 128 valence electrons. The number of aromatic nitrogens is 2. The summed E-state index contributed by atoms with van der Waals surface area (Å²) in [6.07, 6.45) is 5.08. The van der Waals surface area contributed by atoms with Gasteiger partial charge in [-0.25, -0.2) is 13.1 Å². The summed E-state index contributed by atoms with van der Waals surface area (Å²) in [6.45, 7) is 0.853. The lowest BCUT2D eigenvalue weighted by atomic mass is 9.96. The molecule has 1 aliphatic heterocycles. The lowest BCUT2D eigenvalue weighted by Gasteiger charge is -2.13. The highest BCUT2D eigenvalue weighted by molar-refractivity contribution is 7.89. The Morgan fingerprint density at radius 3 is 2.96 bits per heavy atom.